The summed E-state index contributed by atoms with van der Waals surface area (Å²) < 4.78 is 5.89. The zero-order valence-corrected chi connectivity index (χ0v) is 13.8. The van der Waals surface area contributed by atoms with Gasteiger partial charge in [0.15, 0.2) is 0 Å². The molecule has 0 aliphatic rings. The summed E-state index contributed by atoms with van der Waals surface area (Å²) >= 11 is 3.25. The summed E-state index contributed by atoms with van der Waals surface area (Å²) in [4.78, 5) is 26.9. The van der Waals surface area contributed by atoms with Gasteiger partial charge in [-0.1, -0.05) is 0 Å². The number of pyridine rings is 1. The van der Waals surface area contributed by atoms with Gasteiger partial charge in [-0.3, -0.25) is 5.32 Å². The number of hydrogen-bond acceptors (Lipinski definition) is 4. The van der Waals surface area contributed by atoms with Gasteiger partial charge in [-0.05, 0) is 48.8 Å². The second-order valence-electron chi connectivity index (χ2n) is 5.17. The SMILES string of the molecule is CC(C)(C)OC(=O)NCCNC(=O)Nc1ccc(Br)cn1. The van der Waals surface area contributed by atoms with E-state index >= 15 is 0 Å². The number of urea groups is 1. The summed E-state index contributed by atoms with van der Waals surface area (Å²) in [6.45, 7) is 5.90. The van der Waals surface area contributed by atoms with Crippen molar-refractivity contribution >= 4 is 33.9 Å². The molecule has 1 aromatic heterocycles. The van der Waals surface area contributed by atoms with E-state index in [0.29, 0.717) is 5.82 Å². The van der Waals surface area contributed by atoms with Crippen molar-refractivity contribution in [2.75, 3.05) is 18.4 Å². The molecule has 7 nitrogen and oxygen atoms in total. The Labute approximate surface area is 132 Å². The highest BCUT2D eigenvalue weighted by Gasteiger charge is 2.15. The van der Waals surface area contributed by atoms with Crippen LogP contribution in [0.4, 0.5) is 15.4 Å². The van der Waals surface area contributed by atoms with Crippen molar-refractivity contribution in [3.63, 3.8) is 0 Å². The topological polar surface area (TPSA) is 92.4 Å². The number of alkyl carbamates (subject to hydrolysis) is 1. The smallest absolute Gasteiger partial charge is 0.407 e. The number of carbonyl (C=O) groups excluding carboxylic acids is 2. The maximum Gasteiger partial charge on any atom is 0.407 e. The Balaban J connectivity index is 2.19. The van der Waals surface area contributed by atoms with E-state index in [9.17, 15) is 9.59 Å². The van der Waals surface area contributed by atoms with E-state index in [2.05, 4.69) is 36.9 Å². The van der Waals surface area contributed by atoms with Gasteiger partial charge in [0.2, 0.25) is 0 Å². The van der Waals surface area contributed by atoms with E-state index in [1.807, 2.05) is 0 Å². The van der Waals surface area contributed by atoms with Crippen molar-refractivity contribution in [1.29, 1.82) is 0 Å². The van der Waals surface area contributed by atoms with E-state index in [-0.39, 0.29) is 13.1 Å². The zero-order valence-electron chi connectivity index (χ0n) is 12.2. The van der Waals surface area contributed by atoms with E-state index in [0.717, 1.165) is 4.47 Å². The lowest BCUT2D eigenvalue weighted by Gasteiger charge is -2.19. The highest BCUT2D eigenvalue weighted by Crippen LogP contribution is 2.10. The molecule has 3 amide bonds. The molecule has 0 radical (unpaired) electrons. The minimum absolute atomic E-state index is 0.274. The summed E-state index contributed by atoms with van der Waals surface area (Å²) in [5, 5.41) is 7.70. The van der Waals surface area contributed by atoms with Crippen LogP contribution in [0.15, 0.2) is 22.8 Å². The predicted molar refractivity (Wildman–Crippen MR) is 83.2 cm³/mol. The first kappa shape index (κ1) is 17.2. The Morgan fingerprint density at radius 2 is 1.90 bits per heavy atom. The van der Waals surface area contributed by atoms with E-state index < -0.39 is 17.7 Å². The number of nitrogens with one attached hydrogen (secondary N) is 3. The first-order valence-corrected chi connectivity index (χ1v) is 7.19. The lowest BCUT2D eigenvalue weighted by atomic mass is 10.2. The van der Waals surface area contributed by atoms with Crippen molar-refractivity contribution in [2.45, 2.75) is 26.4 Å². The van der Waals surface area contributed by atoms with Crippen LogP contribution in [0.25, 0.3) is 0 Å². The molecule has 0 atom stereocenters. The molecule has 21 heavy (non-hydrogen) atoms. The number of halogens is 1. The van der Waals surface area contributed by atoms with Crippen LogP contribution in [-0.4, -0.2) is 35.8 Å². The van der Waals surface area contributed by atoms with E-state index in [4.69, 9.17) is 4.74 Å². The maximum absolute atomic E-state index is 11.6. The zero-order chi connectivity index (χ0) is 15.9. The number of carbonyl (C=O) groups is 2. The Kier molecular flexibility index (Phi) is 6.41. The number of aromatic nitrogens is 1. The third kappa shape index (κ3) is 8.13. The monoisotopic (exact) mass is 358 g/mol. The normalized spacial score (nSPS) is 10.7. The van der Waals surface area contributed by atoms with Crippen LogP contribution in [-0.2, 0) is 4.74 Å². The quantitative estimate of drug-likeness (QED) is 0.721. The molecule has 0 unspecified atom stereocenters. The fourth-order valence-corrected chi connectivity index (χ4v) is 1.50. The van der Waals surface area contributed by atoms with Gasteiger partial charge in [0.25, 0.3) is 0 Å². The Bertz CT molecular complexity index is 485. The van der Waals surface area contributed by atoms with Crippen LogP contribution in [0.1, 0.15) is 20.8 Å². The second kappa shape index (κ2) is 7.82. The van der Waals surface area contributed by atoms with E-state index in [1.54, 1.807) is 39.1 Å². The molecule has 0 bridgehead atoms. The molecular formula is C13H19BrN4O3. The lowest BCUT2D eigenvalue weighted by Crippen LogP contribution is -2.39. The van der Waals surface area contributed by atoms with Crippen molar-refractivity contribution in [3.05, 3.63) is 22.8 Å². The molecule has 0 aliphatic heterocycles. The Hall–Kier alpha value is -1.83. The summed E-state index contributed by atoms with van der Waals surface area (Å²) in [6.07, 6.45) is 1.07. The standard InChI is InChI=1S/C13H19BrN4O3/c1-13(2,3)21-12(20)16-7-6-15-11(19)18-10-5-4-9(14)8-17-10/h4-5,8H,6-7H2,1-3H3,(H,16,20)(H2,15,17,18,19). The second-order valence-corrected chi connectivity index (χ2v) is 6.09. The largest absolute Gasteiger partial charge is 0.444 e. The molecule has 3 N–H and O–H groups in total. The molecule has 8 heteroatoms. The molecule has 116 valence electrons. The average molecular weight is 359 g/mol. The molecule has 0 aromatic carbocycles. The average Bonchev–Trinajstić information content (AvgIpc) is 2.35. The van der Waals surface area contributed by atoms with Gasteiger partial charge in [0.05, 0.1) is 0 Å². The molecule has 0 spiro atoms. The van der Waals surface area contributed by atoms with Crippen LogP contribution >= 0.6 is 15.9 Å². The Morgan fingerprint density at radius 3 is 2.48 bits per heavy atom. The lowest BCUT2D eigenvalue weighted by molar-refractivity contribution is 0.0528. The van der Waals surface area contributed by atoms with Crippen LogP contribution in [0, 0.1) is 0 Å². The fourth-order valence-electron chi connectivity index (χ4n) is 1.27. The van der Waals surface area contributed by atoms with Gasteiger partial charge in [-0.25, -0.2) is 14.6 Å². The van der Waals surface area contributed by atoms with Crippen molar-refractivity contribution < 1.29 is 14.3 Å². The van der Waals surface area contributed by atoms with Crippen LogP contribution in [0.5, 0.6) is 0 Å². The summed E-state index contributed by atoms with van der Waals surface area (Å²) in [5.41, 5.74) is -0.540. The van der Waals surface area contributed by atoms with Gasteiger partial charge in [-0.2, -0.15) is 0 Å². The first-order valence-electron chi connectivity index (χ1n) is 6.39. The van der Waals surface area contributed by atoms with E-state index in [1.165, 1.54) is 0 Å². The maximum atomic E-state index is 11.6. The third-order valence-corrected chi connectivity index (χ3v) is 2.52. The molecule has 0 fully saturated rings. The third-order valence-electron chi connectivity index (χ3n) is 2.05. The number of nitrogens with zero attached hydrogens (tertiary/aromatic N) is 1. The fraction of sp³-hybridized carbons (Fsp3) is 0.462. The van der Waals surface area contributed by atoms with Gasteiger partial charge >= 0.3 is 12.1 Å². The van der Waals surface area contributed by atoms with Crippen molar-refractivity contribution in [2.24, 2.45) is 0 Å². The molecule has 1 rings (SSSR count). The molecule has 1 heterocycles. The summed E-state index contributed by atoms with van der Waals surface area (Å²) in [7, 11) is 0. The molecule has 0 saturated carbocycles. The highest BCUT2D eigenvalue weighted by molar-refractivity contribution is 9.10. The summed E-state index contributed by atoms with van der Waals surface area (Å²) in [5.74, 6) is 0.441. The van der Waals surface area contributed by atoms with Gasteiger partial charge in [-0.15, -0.1) is 0 Å². The minimum atomic E-state index is -0.540. The van der Waals surface area contributed by atoms with Gasteiger partial charge in [0.1, 0.15) is 11.4 Å². The summed E-state index contributed by atoms with van der Waals surface area (Å²) in [6, 6.07) is 3.05. The van der Waals surface area contributed by atoms with Crippen molar-refractivity contribution in [3.8, 4) is 0 Å². The number of rotatable bonds is 4. The molecular weight excluding hydrogens is 340 g/mol. The number of amides is 3. The highest BCUT2D eigenvalue weighted by atomic mass is 79.9. The minimum Gasteiger partial charge on any atom is -0.444 e. The van der Waals surface area contributed by atoms with Gasteiger partial charge < -0.3 is 15.4 Å². The van der Waals surface area contributed by atoms with Crippen molar-refractivity contribution in [1.82, 2.24) is 15.6 Å². The van der Waals surface area contributed by atoms with Gasteiger partial charge in [0, 0.05) is 23.8 Å². The van der Waals surface area contributed by atoms with Crippen LogP contribution in [0.3, 0.4) is 0 Å². The molecule has 1 aromatic rings. The van der Waals surface area contributed by atoms with Crippen LogP contribution in [0.2, 0.25) is 0 Å². The first-order chi connectivity index (χ1) is 9.76. The molecule has 0 saturated heterocycles. The number of ether oxygens (including phenoxy) is 1. The number of hydrogen-bond donors (Lipinski definition) is 3. The molecule has 0 aliphatic carbocycles. The number of anilines is 1. The predicted octanol–water partition coefficient (Wildman–Crippen LogP) is 2.49. The Morgan fingerprint density at radius 1 is 1.24 bits per heavy atom. The van der Waals surface area contributed by atoms with Crippen LogP contribution < -0.4 is 16.0 Å².